The van der Waals surface area contributed by atoms with Crippen LogP contribution in [0.1, 0.15) is 239 Å². The molecule has 0 aliphatic rings. The first-order valence-electron chi connectivity index (χ1n) is 31.3. The summed E-state index contributed by atoms with van der Waals surface area (Å²) in [5.41, 5.74) is 0. The van der Waals surface area contributed by atoms with Crippen LogP contribution in [-0.2, 0) is 28.6 Å². The number of carbonyl (C=O) groups excluding carboxylic acids is 3. The summed E-state index contributed by atoms with van der Waals surface area (Å²) in [5, 5.41) is 0. The van der Waals surface area contributed by atoms with Gasteiger partial charge >= 0.3 is 17.9 Å². The van der Waals surface area contributed by atoms with Gasteiger partial charge in [-0.15, -0.1) is 0 Å². The Hall–Kier alpha value is -5.49. The normalized spacial score (nSPS) is 13.4. The van der Waals surface area contributed by atoms with Gasteiger partial charge in [-0.25, -0.2) is 0 Å². The van der Waals surface area contributed by atoms with Crippen molar-refractivity contribution in [2.24, 2.45) is 0 Å². The molecule has 0 saturated carbocycles. The third-order valence-electron chi connectivity index (χ3n) is 12.4. The SMILES string of the molecule is CC/C=C\C/C=C\C/C=C\C/C=C\C/C=C\C/C=C\C/C=C\C/C=C\CCCCCCC(=O)OCC(COC(=O)CCCC/C=C\C/C=C\C/C=C\C/C=C\CC)OC(=O)CCCCCCCCC/C=C\C/C=C\C/C=C\CC. The van der Waals surface area contributed by atoms with Crippen LogP contribution in [0.5, 0.6) is 0 Å². The van der Waals surface area contributed by atoms with Crippen LogP contribution in [0.3, 0.4) is 0 Å². The number of allylic oxidation sites excluding steroid dienone is 30. The summed E-state index contributed by atoms with van der Waals surface area (Å²) in [5.74, 6) is -1.00. The summed E-state index contributed by atoms with van der Waals surface area (Å²) in [6.07, 6.45) is 97.5. The average molecular weight is 1090 g/mol. The van der Waals surface area contributed by atoms with E-state index in [4.69, 9.17) is 14.2 Å². The molecule has 0 rings (SSSR count). The number of esters is 3. The van der Waals surface area contributed by atoms with Crippen LogP contribution in [0.4, 0.5) is 0 Å². The van der Waals surface area contributed by atoms with Crippen molar-refractivity contribution in [3.8, 4) is 0 Å². The minimum absolute atomic E-state index is 0.118. The molecule has 0 N–H and O–H groups in total. The highest BCUT2D eigenvalue weighted by atomic mass is 16.6. The number of ether oxygens (including phenoxy) is 3. The quantitative estimate of drug-likeness (QED) is 0.0261. The molecule has 0 radical (unpaired) electrons. The lowest BCUT2D eigenvalue weighted by Gasteiger charge is -2.18. The number of carbonyl (C=O) groups is 3. The van der Waals surface area contributed by atoms with Crippen LogP contribution >= 0.6 is 0 Å². The van der Waals surface area contributed by atoms with Crippen molar-refractivity contribution in [3.05, 3.63) is 182 Å². The number of unbranched alkanes of at least 4 members (excludes halogenated alkanes) is 13. The van der Waals surface area contributed by atoms with Gasteiger partial charge in [-0.1, -0.05) is 248 Å². The summed E-state index contributed by atoms with van der Waals surface area (Å²) in [6, 6.07) is 0. The molecule has 440 valence electrons. The maximum absolute atomic E-state index is 12.9. The Morgan fingerprint density at radius 1 is 0.253 bits per heavy atom. The molecule has 6 heteroatoms. The van der Waals surface area contributed by atoms with E-state index in [1.165, 1.54) is 19.3 Å². The summed E-state index contributed by atoms with van der Waals surface area (Å²) in [4.78, 5) is 38.3. The molecule has 0 aromatic carbocycles. The lowest BCUT2D eigenvalue weighted by atomic mass is 10.1. The molecule has 0 bridgehead atoms. The van der Waals surface area contributed by atoms with Crippen molar-refractivity contribution < 1.29 is 28.6 Å². The molecular formula is C73H112O6. The van der Waals surface area contributed by atoms with Crippen LogP contribution in [-0.4, -0.2) is 37.2 Å². The van der Waals surface area contributed by atoms with Crippen LogP contribution in [0.15, 0.2) is 182 Å². The Labute approximate surface area is 484 Å². The number of hydrogen-bond acceptors (Lipinski definition) is 6. The second kappa shape index (κ2) is 65.0. The topological polar surface area (TPSA) is 78.9 Å². The fourth-order valence-electron chi connectivity index (χ4n) is 7.81. The van der Waals surface area contributed by atoms with E-state index in [1.807, 2.05) is 0 Å². The monoisotopic (exact) mass is 1080 g/mol. The second-order valence-electron chi connectivity index (χ2n) is 19.8. The molecule has 79 heavy (non-hydrogen) atoms. The predicted octanol–water partition coefficient (Wildman–Crippen LogP) is 21.7. The van der Waals surface area contributed by atoms with Crippen LogP contribution in [0.25, 0.3) is 0 Å². The molecule has 1 unspecified atom stereocenters. The van der Waals surface area contributed by atoms with Crippen LogP contribution in [0, 0.1) is 0 Å². The van der Waals surface area contributed by atoms with Gasteiger partial charge in [0.15, 0.2) is 6.10 Å². The van der Waals surface area contributed by atoms with E-state index < -0.39 is 6.10 Å². The fourth-order valence-corrected chi connectivity index (χ4v) is 7.81. The van der Waals surface area contributed by atoms with Crippen molar-refractivity contribution >= 4 is 17.9 Å². The molecule has 0 aromatic heterocycles. The number of hydrogen-bond donors (Lipinski definition) is 0. The van der Waals surface area contributed by atoms with Gasteiger partial charge < -0.3 is 14.2 Å². The standard InChI is InChI=1S/C73H112O6/c1-4-7-10-13-16-19-22-25-28-30-31-32-33-34-35-36-37-38-39-40-41-43-45-48-51-54-57-60-63-66-72(75)78-69-70(68-77-71(74)65-62-59-56-53-50-47-44-27-24-21-18-15-12-9-6-3)79-73(76)67-64-61-58-55-52-49-46-42-29-26-23-20-17-14-11-8-5-2/h7-12,16-21,25-29,31-32,34-35,37-38,40-41,44-45,48,50,53,70H,4-6,13-15,22-24,30,33,36,39,42-43,46-47,49,51-52,54-69H2,1-3H3/b10-7-,11-8-,12-9-,19-16-,20-17-,21-18-,28-25-,29-26-,32-31-,35-34-,38-37-,41-40-,44-27-,48-45-,53-50-. The van der Waals surface area contributed by atoms with E-state index in [0.717, 1.165) is 173 Å². The van der Waals surface area contributed by atoms with E-state index in [0.29, 0.717) is 19.3 Å². The first-order valence-corrected chi connectivity index (χ1v) is 31.3. The highest BCUT2D eigenvalue weighted by molar-refractivity contribution is 5.71. The van der Waals surface area contributed by atoms with Crippen LogP contribution < -0.4 is 0 Å². The van der Waals surface area contributed by atoms with Gasteiger partial charge in [0.25, 0.3) is 0 Å². The van der Waals surface area contributed by atoms with Gasteiger partial charge in [0.05, 0.1) is 0 Å². The zero-order chi connectivity index (χ0) is 57.1. The molecular weight excluding hydrogens is 973 g/mol. The molecule has 0 saturated heterocycles. The molecule has 0 heterocycles. The predicted molar refractivity (Wildman–Crippen MR) is 343 cm³/mol. The lowest BCUT2D eigenvalue weighted by Crippen LogP contribution is -2.30. The summed E-state index contributed by atoms with van der Waals surface area (Å²) in [7, 11) is 0. The molecule has 0 aromatic rings. The van der Waals surface area contributed by atoms with Crippen molar-refractivity contribution in [1.82, 2.24) is 0 Å². The van der Waals surface area contributed by atoms with Gasteiger partial charge in [0.1, 0.15) is 13.2 Å². The van der Waals surface area contributed by atoms with E-state index in [2.05, 4.69) is 203 Å². The zero-order valence-corrected chi connectivity index (χ0v) is 50.3. The van der Waals surface area contributed by atoms with Crippen molar-refractivity contribution in [3.63, 3.8) is 0 Å². The third-order valence-corrected chi connectivity index (χ3v) is 12.4. The Morgan fingerprint density at radius 3 is 0.734 bits per heavy atom. The second-order valence-corrected chi connectivity index (χ2v) is 19.8. The van der Waals surface area contributed by atoms with Crippen molar-refractivity contribution in [2.75, 3.05) is 13.2 Å². The summed E-state index contributed by atoms with van der Waals surface area (Å²) in [6.45, 7) is 6.22. The highest BCUT2D eigenvalue weighted by Gasteiger charge is 2.19. The highest BCUT2D eigenvalue weighted by Crippen LogP contribution is 2.13. The Morgan fingerprint density at radius 2 is 0.456 bits per heavy atom. The Balaban J connectivity index is 4.48. The Kier molecular flexibility index (Phi) is 60.5. The fraction of sp³-hybridized carbons (Fsp3) is 0.548. The number of rotatable bonds is 54. The van der Waals surface area contributed by atoms with Gasteiger partial charge in [0, 0.05) is 19.3 Å². The van der Waals surface area contributed by atoms with E-state index in [1.54, 1.807) is 0 Å². The molecule has 0 aliphatic heterocycles. The van der Waals surface area contributed by atoms with Crippen molar-refractivity contribution in [2.45, 2.75) is 245 Å². The minimum Gasteiger partial charge on any atom is -0.462 e. The molecule has 0 amide bonds. The minimum atomic E-state index is -0.823. The van der Waals surface area contributed by atoms with E-state index in [9.17, 15) is 14.4 Å². The smallest absolute Gasteiger partial charge is 0.306 e. The first kappa shape index (κ1) is 73.5. The third kappa shape index (κ3) is 63.2. The molecule has 0 fully saturated rings. The van der Waals surface area contributed by atoms with E-state index >= 15 is 0 Å². The first-order chi connectivity index (χ1) is 39.0. The molecule has 0 spiro atoms. The maximum Gasteiger partial charge on any atom is 0.306 e. The van der Waals surface area contributed by atoms with Gasteiger partial charge in [-0.2, -0.15) is 0 Å². The zero-order valence-electron chi connectivity index (χ0n) is 50.3. The van der Waals surface area contributed by atoms with Crippen LogP contribution in [0.2, 0.25) is 0 Å². The molecule has 6 nitrogen and oxygen atoms in total. The van der Waals surface area contributed by atoms with Gasteiger partial charge in [-0.3, -0.25) is 14.4 Å². The lowest BCUT2D eigenvalue weighted by molar-refractivity contribution is -0.167. The summed E-state index contributed by atoms with van der Waals surface area (Å²) >= 11 is 0. The molecule has 0 aliphatic carbocycles. The maximum atomic E-state index is 12.9. The Bertz CT molecular complexity index is 1870. The largest absolute Gasteiger partial charge is 0.462 e. The average Bonchev–Trinajstić information content (AvgIpc) is 3.45. The summed E-state index contributed by atoms with van der Waals surface area (Å²) < 4.78 is 16.8. The molecule has 1 atom stereocenters. The van der Waals surface area contributed by atoms with E-state index in [-0.39, 0.29) is 37.5 Å². The van der Waals surface area contributed by atoms with Crippen molar-refractivity contribution in [1.29, 1.82) is 0 Å². The van der Waals surface area contributed by atoms with Gasteiger partial charge in [0.2, 0.25) is 0 Å². The van der Waals surface area contributed by atoms with Gasteiger partial charge in [-0.05, 0) is 154 Å².